The molecule has 0 N–H and O–H groups in total. The number of ether oxygens (including phenoxy) is 1. The van der Waals surface area contributed by atoms with Crippen molar-refractivity contribution in [2.75, 3.05) is 0 Å². The van der Waals surface area contributed by atoms with Crippen molar-refractivity contribution >= 4 is 12.0 Å². The van der Waals surface area contributed by atoms with Crippen LogP contribution in [-0.4, -0.2) is 17.4 Å². The molecule has 0 unspecified atom stereocenters. The molecule has 0 aliphatic rings. The van der Waals surface area contributed by atoms with Crippen LogP contribution in [0.5, 0.6) is 5.75 Å². The SMILES string of the molecule is O=C/C=C(/Oc1ccc([N+](=O)[O-])cc1)C(F)(F)F. The molecular weight excluding hydrogens is 255 g/mol. The summed E-state index contributed by atoms with van der Waals surface area (Å²) in [4.78, 5) is 19.7. The Balaban J connectivity index is 2.92. The highest BCUT2D eigenvalue weighted by Crippen LogP contribution is 2.28. The molecule has 18 heavy (non-hydrogen) atoms. The van der Waals surface area contributed by atoms with Gasteiger partial charge in [0.1, 0.15) is 12.0 Å². The number of carbonyl (C=O) groups excluding carboxylic acids is 1. The molecule has 0 aromatic heterocycles. The van der Waals surface area contributed by atoms with Gasteiger partial charge in [0.15, 0.2) is 0 Å². The van der Waals surface area contributed by atoms with Crippen LogP contribution < -0.4 is 4.74 Å². The molecule has 96 valence electrons. The molecule has 0 saturated carbocycles. The largest absolute Gasteiger partial charge is 0.452 e. The zero-order valence-electron chi connectivity index (χ0n) is 8.68. The Morgan fingerprint density at radius 1 is 1.28 bits per heavy atom. The monoisotopic (exact) mass is 261 g/mol. The summed E-state index contributed by atoms with van der Waals surface area (Å²) in [7, 11) is 0. The summed E-state index contributed by atoms with van der Waals surface area (Å²) < 4.78 is 41.5. The molecule has 0 atom stereocenters. The quantitative estimate of drug-likeness (QED) is 0.274. The molecule has 5 nitrogen and oxygen atoms in total. The molecular formula is C10H6F3NO4. The van der Waals surface area contributed by atoms with Crippen molar-refractivity contribution < 1.29 is 27.6 Å². The van der Waals surface area contributed by atoms with Crippen molar-refractivity contribution in [3.8, 4) is 5.75 Å². The van der Waals surface area contributed by atoms with Crippen molar-refractivity contribution in [2.45, 2.75) is 6.18 Å². The van der Waals surface area contributed by atoms with Gasteiger partial charge in [-0.15, -0.1) is 0 Å². The maximum Gasteiger partial charge on any atom is 0.449 e. The minimum absolute atomic E-state index is 0.0613. The minimum atomic E-state index is -4.82. The smallest absolute Gasteiger partial charge is 0.449 e. The Morgan fingerprint density at radius 2 is 1.83 bits per heavy atom. The lowest BCUT2D eigenvalue weighted by molar-refractivity contribution is -0.384. The number of carbonyl (C=O) groups is 1. The lowest BCUT2D eigenvalue weighted by Crippen LogP contribution is -2.17. The van der Waals surface area contributed by atoms with E-state index in [1.54, 1.807) is 0 Å². The number of halogens is 3. The highest BCUT2D eigenvalue weighted by Gasteiger charge is 2.36. The third-order valence-electron chi connectivity index (χ3n) is 1.77. The summed E-state index contributed by atoms with van der Waals surface area (Å²) in [5.74, 6) is -1.75. The van der Waals surface area contributed by atoms with E-state index in [0.29, 0.717) is 0 Å². The summed E-state index contributed by atoms with van der Waals surface area (Å²) in [6.45, 7) is 0. The maximum absolute atomic E-state index is 12.3. The summed E-state index contributed by atoms with van der Waals surface area (Å²) in [6.07, 6.45) is -4.65. The van der Waals surface area contributed by atoms with E-state index < -0.39 is 16.9 Å². The third kappa shape index (κ3) is 3.58. The van der Waals surface area contributed by atoms with Crippen LogP contribution in [-0.2, 0) is 4.79 Å². The second-order valence-electron chi connectivity index (χ2n) is 3.02. The number of allylic oxidation sites excluding steroid dienone is 2. The number of aldehydes is 1. The Kier molecular flexibility index (Phi) is 4.03. The number of hydrogen-bond donors (Lipinski definition) is 0. The van der Waals surface area contributed by atoms with Crippen molar-refractivity contribution in [1.29, 1.82) is 0 Å². The fourth-order valence-electron chi connectivity index (χ4n) is 1.01. The average molecular weight is 261 g/mol. The predicted molar refractivity (Wildman–Crippen MR) is 53.9 cm³/mol. The fourth-order valence-corrected chi connectivity index (χ4v) is 1.01. The van der Waals surface area contributed by atoms with Crippen molar-refractivity contribution in [1.82, 2.24) is 0 Å². The first-order chi connectivity index (χ1) is 8.34. The maximum atomic E-state index is 12.3. The Labute approximate surface area is 98.6 Å². The van der Waals surface area contributed by atoms with Crippen molar-refractivity contribution in [2.24, 2.45) is 0 Å². The normalized spacial score (nSPS) is 12.1. The fraction of sp³-hybridized carbons (Fsp3) is 0.100. The summed E-state index contributed by atoms with van der Waals surface area (Å²) in [6, 6.07) is 3.99. The average Bonchev–Trinajstić information content (AvgIpc) is 2.28. The molecule has 0 spiro atoms. The first kappa shape index (κ1) is 13.7. The van der Waals surface area contributed by atoms with Gasteiger partial charge >= 0.3 is 6.18 Å². The van der Waals surface area contributed by atoms with Crippen molar-refractivity contribution in [3.63, 3.8) is 0 Å². The van der Waals surface area contributed by atoms with Gasteiger partial charge in [-0.25, -0.2) is 0 Å². The predicted octanol–water partition coefficient (Wildman–Crippen LogP) is 2.62. The number of alkyl halides is 3. The van der Waals surface area contributed by atoms with Crippen LogP contribution in [0.3, 0.4) is 0 Å². The standard InChI is InChI=1S/C10H6F3NO4/c11-10(12,13)9(5-6-15)18-8-3-1-7(2-4-8)14(16)17/h1-6H/b9-5+. The van der Waals surface area contributed by atoms with Crippen LogP contribution in [0.15, 0.2) is 36.1 Å². The van der Waals surface area contributed by atoms with Crippen LogP contribution in [0.25, 0.3) is 0 Å². The summed E-state index contributed by atoms with van der Waals surface area (Å²) >= 11 is 0. The van der Waals surface area contributed by atoms with Gasteiger partial charge < -0.3 is 4.74 Å². The molecule has 1 rings (SSSR count). The molecule has 0 amide bonds. The second kappa shape index (κ2) is 5.30. The zero-order chi connectivity index (χ0) is 13.8. The Hall–Kier alpha value is -2.38. The molecule has 1 aromatic rings. The molecule has 0 bridgehead atoms. The number of nitrogens with zero attached hydrogens (tertiary/aromatic N) is 1. The lowest BCUT2D eigenvalue weighted by Gasteiger charge is -2.11. The molecule has 0 saturated heterocycles. The van der Waals surface area contributed by atoms with Gasteiger partial charge in [-0.3, -0.25) is 14.9 Å². The molecule has 0 radical (unpaired) electrons. The number of nitro benzene ring substituents is 1. The molecule has 0 aliphatic heterocycles. The van der Waals surface area contributed by atoms with Gasteiger partial charge in [0, 0.05) is 18.2 Å². The van der Waals surface area contributed by atoms with Gasteiger partial charge in [-0.05, 0) is 12.1 Å². The first-order valence-corrected chi connectivity index (χ1v) is 4.49. The number of rotatable bonds is 4. The van der Waals surface area contributed by atoms with Crippen LogP contribution in [0, 0.1) is 10.1 Å². The van der Waals surface area contributed by atoms with Gasteiger partial charge in [0.25, 0.3) is 5.69 Å². The van der Waals surface area contributed by atoms with Gasteiger partial charge in [-0.1, -0.05) is 0 Å². The number of benzene rings is 1. The van der Waals surface area contributed by atoms with Gasteiger partial charge in [-0.2, -0.15) is 13.2 Å². The highest BCUT2D eigenvalue weighted by molar-refractivity contribution is 5.66. The minimum Gasteiger partial charge on any atom is -0.452 e. The van der Waals surface area contributed by atoms with Gasteiger partial charge in [0.05, 0.1) is 4.92 Å². The highest BCUT2D eigenvalue weighted by atomic mass is 19.4. The van der Waals surface area contributed by atoms with Crippen LogP contribution in [0.4, 0.5) is 18.9 Å². The molecule has 0 heterocycles. The van der Waals surface area contributed by atoms with E-state index in [0.717, 1.165) is 24.3 Å². The number of hydrogen-bond acceptors (Lipinski definition) is 4. The van der Waals surface area contributed by atoms with E-state index in [-0.39, 0.29) is 23.8 Å². The van der Waals surface area contributed by atoms with E-state index >= 15 is 0 Å². The van der Waals surface area contributed by atoms with Crippen molar-refractivity contribution in [3.05, 3.63) is 46.2 Å². The van der Waals surface area contributed by atoms with Gasteiger partial charge in [0.2, 0.25) is 5.76 Å². The van der Waals surface area contributed by atoms with E-state index in [4.69, 9.17) is 0 Å². The van der Waals surface area contributed by atoms with E-state index in [1.165, 1.54) is 0 Å². The number of non-ortho nitro benzene ring substituents is 1. The molecule has 1 aromatic carbocycles. The Bertz CT molecular complexity index is 479. The molecule has 8 heteroatoms. The third-order valence-corrected chi connectivity index (χ3v) is 1.77. The zero-order valence-corrected chi connectivity index (χ0v) is 8.68. The summed E-state index contributed by atoms with van der Waals surface area (Å²) in [5, 5.41) is 10.3. The summed E-state index contributed by atoms with van der Waals surface area (Å²) in [5.41, 5.74) is -0.282. The van der Waals surface area contributed by atoms with E-state index in [2.05, 4.69) is 4.74 Å². The van der Waals surface area contributed by atoms with Crippen LogP contribution in [0.1, 0.15) is 0 Å². The van der Waals surface area contributed by atoms with E-state index in [1.807, 2.05) is 0 Å². The first-order valence-electron chi connectivity index (χ1n) is 4.49. The second-order valence-corrected chi connectivity index (χ2v) is 3.02. The van der Waals surface area contributed by atoms with Crippen LogP contribution in [0.2, 0.25) is 0 Å². The topological polar surface area (TPSA) is 69.4 Å². The van der Waals surface area contributed by atoms with E-state index in [9.17, 15) is 28.1 Å². The number of nitro groups is 1. The lowest BCUT2D eigenvalue weighted by atomic mass is 10.3. The molecule has 0 fully saturated rings. The molecule has 0 aliphatic carbocycles. The Morgan fingerprint density at radius 3 is 2.22 bits per heavy atom. The van der Waals surface area contributed by atoms with Crippen LogP contribution >= 0.6 is 0 Å².